The van der Waals surface area contributed by atoms with E-state index in [1.807, 2.05) is 11.8 Å². The van der Waals surface area contributed by atoms with E-state index in [0.29, 0.717) is 18.5 Å². The van der Waals surface area contributed by atoms with Crippen LogP contribution in [0, 0.1) is 5.92 Å². The Hall–Kier alpha value is -0.610. The van der Waals surface area contributed by atoms with Crippen molar-refractivity contribution in [3.8, 4) is 0 Å². The predicted molar refractivity (Wildman–Crippen MR) is 66.8 cm³/mol. The van der Waals surface area contributed by atoms with Gasteiger partial charge in [-0.1, -0.05) is 0 Å². The highest BCUT2D eigenvalue weighted by molar-refractivity contribution is 5.80. The van der Waals surface area contributed by atoms with E-state index in [9.17, 15) is 4.79 Å². The summed E-state index contributed by atoms with van der Waals surface area (Å²) in [4.78, 5) is 14.5. The van der Waals surface area contributed by atoms with E-state index in [0.717, 1.165) is 19.5 Å². The van der Waals surface area contributed by atoms with E-state index >= 15 is 0 Å². The first kappa shape index (κ1) is 12.8. The fourth-order valence-corrected chi connectivity index (χ4v) is 3.05. The van der Waals surface area contributed by atoms with Gasteiger partial charge in [-0.2, -0.15) is 0 Å². The molecular weight excluding hydrogens is 216 g/mol. The van der Waals surface area contributed by atoms with Gasteiger partial charge in [0.15, 0.2) is 0 Å². The zero-order valence-corrected chi connectivity index (χ0v) is 11.3. The van der Waals surface area contributed by atoms with Gasteiger partial charge in [0.1, 0.15) is 0 Å². The molecule has 1 N–H and O–H groups in total. The SMILES string of the molecule is CC1CN(C(=O)C2CCNC2C)CC(C)(C)O1. The standard InChI is InChI=1S/C13H24N2O2/c1-9-7-15(8-13(3,4)17-9)12(16)11-5-6-14-10(11)2/h9-11,14H,5-8H2,1-4H3. The maximum Gasteiger partial charge on any atom is 0.227 e. The molecule has 2 rings (SSSR count). The van der Waals surface area contributed by atoms with Crippen molar-refractivity contribution in [1.82, 2.24) is 10.2 Å². The second-order valence-corrected chi connectivity index (χ2v) is 6.04. The lowest BCUT2D eigenvalue weighted by Gasteiger charge is -2.42. The number of carbonyl (C=O) groups excluding carboxylic acids is 1. The Morgan fingerprint density at radius 3 is 2.65 bits per heavy atom. The number of carbonyl (C=O) groups is 1. The molecule has 1 amide bonds. The molecule has 0 saturated carbocycles. The normalized spacial score (nSPS) is 37.2. The monoisotopic (exact) mass is 240 g/mol. The van der Waals surface area contributed by atoms with Crippen LogP contribution in [0.2, 0.25) is 0 Å². The van der Waals surface area contributed by atoms with Crippen molar-refractivity contribution < 1.29 is 9.53 Å². The fourth-order valence-electron chi connectivity index (χ4n) is 3.05. The van der Waals surface area contributed by atoms with E-state index in [2.05, 4.69) is 26.1 Å². The minimum atomic E-state index is -0.220. The molecule has 0 aliphatic carbocycles. The van der Waals surface area contributed by atoms with Gasteiger partial charge >= 0.3 is 0 Å². The Kier molecular flexibility index (Phi) is 3.46. The first-order valence-corrected chi connectivity index (χ1v) is 6.59. The quantitative estimate of drug-likeness (QED) is 0.744. The summed E-state index contributed by atoms with van der Waals surface area (Å²) in [7, 11) is 0. The van der Waals surface area contributed by atoms with Crippen LogP contribution in [-0.4, -0.2) is 48.2 Å². The molecule has 4 heteroatoms. The summed E-state index contributed by atoms with van der Waals surface area (Å²) in [5.74, 6) is 0.446. The van der Waals surface area contributed by atoms with Crippen molar-refractivity contribution in [2.45, 2.75) is 51.9 Å². The lowest BCUT2D eigenvalue weighted by atomic mass is 9.97. The van der Waals surface area contributed by atoms with Gasteiger partial charge in [0.25, 0.3) is 0 Å². The average molecular weight is 240 g/mol. The van der Waals surface area contributed by atoms with Crippen LogP contribution < -0.4 is 5.32 Å². The molecule has 2 saturated heterocycles. The summed E-state index contributed by atoms with van der Waals surface area (Å²) in [5, 5.41) is 3.34. The van der Waals surface area contributed by atoms with Gasteiger partial charge < -0.3 is 15.0 Å². The largest absolute Gasteiger partial charge is 0.369 e. The first-order chi connectivity index (χ1) is 7.89. The molecule has 0 aromatic carbocycles. The molecule has 3 unspecified atom stereocenters. The number of nitrogens with one attached hydrogen (secondary N) is 1. The summed E-state index contributed by atoms with van der Waals surface area (Å²) >= 11 is 0. The molecule has 2 fully saturated rings. The molecule has 3 atom stereocenters. The van der Waals surface area contributed by atoms with Crippen molar-refractivity contribution in [1.29, 1.82) is 0 Å². The van der Waals surface area contributed by atoms with E-state index < -0.39 is 0 Å². The van der Waals surface area contributed by atoms with Gasteiger partial charge in [-0.3, -0.25) is 4.79 Å². The third kappa shape index (κ3) is 2.80. The number of ether oxygens (including phenoxy) is 1. The number of rotatable bonds is 1. The van der Waals surface area contributed by atoms with Gasteiger partial charge in [-0.25, -0.2) is 0 Å². The van der Waals surface area contributed by atoms with Crippen LogP contribution in [0.15, 0.2) is 0 Å². The predicted octanol–water partition coefficient (Wildman–Crippen LogP) is 1.01. The van der Waals surface area contributed by atoms with Gasteiger partial charge in [0, 0.05) is 19.1 Å². The summed E-state index contributed by atoms with van der Waals surface area (Å²) in [6.07, 6.45) is 1.10. The summed E-state index contributed by atoms with van der Waals surface area (Å²) < 4.78 is 5.83. The average Bonchev–Trinajstić information content (AvgIpc) is 2.60. The molecular formula is C13H24N2O2. The molecule has 0 aromatic rings. The highest BCUT2D eigenvalue weighted by Crippen LogP contribution is 2.25. The van der Waals surface area contributed by atoms with Crippen molar-refractivity contribution >= 4 is 5.91 Å². The molecule has 0 radical (unpaired) electrons. The summed E-state index contributed by atoms with van der Waals surface area (Å²) in [5.41, 5.74) is -0.220. The van der Waals surface area contributed by atoms with E-state index in [1.54, 1.807) is 0 Å². The smallest absolute Gasteiger partial charge is 0.227 e. The molecule has 2 aliphatic heterocycles. The number of morpholine rings is 1. The highest BCUT2D eigenvalue weighted by atomic mass is 16.5. The third-order valence-corrected chi connectivity index (χ3v) is 3.72. The van der Waals surface area contributed by atoms with Gasteiger partial charge in [-0.05, 0) is 40.7 Å². The van der Waals surface area contributed by atoms with Crippen LogP contribution in [0.1, 0.15) is 34.1 Å². The Morgan fingerprint density at radius 2 is 2.12 bits per heavy atom. The fraction of sp³-hybridized carbons (Fsp3) is 0.923. The van der Waals surface area contributed by atoms with E-state index in [4.69, 9.17) is 4.74 Å². The van der Waals surface area contributed by atoms with E-state index in [1.165, 1.54) is 0 Å². The van der Waals surface area contributed by atoms with Crippen LogP contribution in [-0.2, 0) is 9.53 Å². The van der Waals surface area contributed by atoms with Crippen LogP contribution in [0.3, 0.4) is 0 Å². The highest BCUT2D eigenvalue weighted by Gasteiger charge is 2.38. The molecule has 4 nitrogen and oxygen atoms in total. The minimum absolute atomic E-state index is 0.132. The van der Waals surface area contributed by atoms with Gasteiger partial charge in [-0.15, -0.1) is 0 Å². The first-order valence-electron chi connectivity index (χ1n) is 6.59. The lowest BCUT2D eigenvalue weighted by Crippen LogP contribution is -2.55. The Bertz CT molecular complexity index is 304. The number of nitrogens with zero attached hydrogens (tertiary/aromatic N) is 1. The summed E-state index contributed by atoms with van der Waals surface area (Å²) in [6.45, 7) is 10.6. The van der Waals surface area contributed by atoms with E-state index in [-0.39, 0.29) is 17.6 Å². The second-order valence-electron chi connectivity index (χ2n) is 6.04. The molecule has 98 valence electrons. The molecule has 0 aromatic heterocycles. The molecule has 0 spiro atoms. The second kappa shape index (κ2) is 4.58. The minimum Gasteiger partial charge on any atom is -0.369 e. The molecule has 2 heterocycles. The number of hydrogen-bond acceptors (Lipinski definition) is 3. The van der Waals surface area contributed by atoms with Crippen molar-refractivity contribution in [3.63, 3.8) is 0 Å². The van der Waals surface area contributed by atoms with Gasteiger partial charge in [0.2, 0.25) is 5.91 Å². The molecule has 17 heavy (non-hydrogen) atoms. The number of amides is 1. The van der Waals surface area contributed by atoms with Crippen LogP contribution >= 0.6 is 0 Å². The maximum absolute atomic E-state index is 12.5. The van der Waals surface area contributed by atoms with Crippen molar-refractivity contribution in [2.24, 2.45) is 5.92 Å². The zero-order valence-electron chi connectivity index (χ0n) is 11.3. The van der Waals surface area contributed by atoms with Gasteiger partial charge in [0.05, 0.1) is 17.6 Å². The topological polar surface area (TPSA) is 41.6 Å². The lowest BCUT2D eigenvalue weighted by molar-refractivity contribution is -0.161. The van der Waals surface area contributed by atoms with Crippen molar-refractivity contribution in [3.05, 3.63) is 0 Å². The molecule has 0 bridgehead atoms. The van der Waals surface area contributed by atoms with Crippen molar-refractivity contribution in [2.75, 3.05) is 19.6 Å². The zero-order chi connectivity index (χ0) is 12.6. The van der Waals surface area contributed by atoms with Crippen LogP contribution in [0.4, 0.5) is 0 Å². The summed E-state index contributed by atoms with van der Waals surface area (Å²) in [6, 6.07) is 0.309. The Balaban J connectivity index is 2.03. The molecule has 2 aliphatic rings. The number of hydrogen-bond donors (Lipinski definition) is 1. The Labute approximate surface area is 104 Å². The van der Waals surface area contributed by atoms with Crippen LogP contribution in [0.5, 0.6) is 0 Å². The third-order valence-electron chi connectivity index (χ3n) is 3.72. The van der Waals surface area contributed by atoms with Crippen LogP contribution in [0.25, 0.3) is 0 Å². The Morgan fingerprint density at radius 1 is 1.41 bits per heavy atom. The maximum atomic E-state index is 12.5.